The van der Waals surface area contributed by atoms with Crippen molar-refractivity contribution in [1.82, 2.24) is 5.32 Å². The predicted molar refractivity (Wildman–Crippen MR) is 63.8 cm³/mol. The fourth-order valence-corrected chi connectivity index (χ4v) is 2.05. The number of hydrogen-bond donors (Lipinski definition) is 2. The second-order valence-corrected chi connectivity index (χ2v) is 4.28. The van der Waals surface area contributed by atoms with Gasteiger partial charge in [0.25, 0.3) is 0 Å². The van der Waals surface area contributed by atoms with Crippen LogP contribution in [0.2, 0.25) is 0 Å². The topological polar surface area (TPSA) is 62.2 Å². The van der Waals surface area contributed by atoms with Crippen LogP contribution < -0.4 is 5.32 Å². The van der Waals surface area contributed by atoms with E-state index in [1.54, 1.807) is 6.92 Å². The molecule has 1 atom stereocenters. The lowest BCUT2D eigenvalue weighted by Crippen LogP contribution is -2.32. The highest BCUT2D eigenvalue weighted by atomic mass is 19.4. The van der Waals surface area contributed by atoms with Crippen LogP contribution in [0.4, 0.5) is 13.2 Å². The molecule has 108 valence electrons. The van der Waals surface area contributed by atoms with E-state index in [-0.39, 0.29) is 42.9 Å². The fraction of sp³-hybridized carbons (Fsp3) is 0.667. The summed E-state index contributed by atoms with van der Waals surface area (Å²) in [5.74, 6) is -2.22. The van der Waals surface area contributed by atoms with Crippen LogP contribution in [0.5, 0.6) is 0 Å². The van der Waals surface area contributed by atoms with Crippen molar-refractivity contribution < 1.29 is 22.7 Å². The molecule has 0 radical (unpaired) electrons. The molecule has 4 nitrogen and oxygen atoms in total. The van der Waals surface area contributed by atoms with Gasteiger partial charge < -0.3 is 15.5 Å². The number of hydrogen-bond acceptors (Lipinski definition) is 4. The van der Waals surface area contributed by atoms with Gasteiger partial charge in [-0.25, -0.2) is 4.79 Å². The van der Waals surface area contributed by atoms with Crippen LogP contribution in [0.1, 0.15) is 26.2 Å². The number of alkyl halides is 3. The molecule has 0 aliphatic heterocycles. The smallest absolute Gasteiger partial charge is 0.392 e. The second-order valence-electron chi connectivity index (χ2n) is 4.28. The minimum absolute atomic E-state index is 0.0180. The normalized spacial score (nSPS) is 23.0. The lowest BCUT2D eigenvalue weighted by Gasteiger charge is -2.28. The van der Waals surface area contributed by atoms with Crippen LogP contribution in [0, 0.1) is 11.3 Å². The Balaban J connectivity index is 3.05. The molecule has 1 rings (SSSR count). The summed E-state index contributed by atoms with van der Waals surface area (Å²) >= 11 is 0. The summed E-state index contributed by atoms with van der Waals surface area (Å²) in [5, 5.41) is 10.3. The summed E-state index contributed by atoms with van der Waals surface area (Å²) in [6.07, 6.45) is -4.74. The lowest BCUT2D eigenvalue weighted by atomic mass is 9.82. The zero-order valence-electron chi connectivity index (χ0n) is 10.9. The van der Waals surface area contributed by atoms with Crippen molar-refractivity contribution in [3.05, 3.63) is 11.3 Å². The molecule has 1 unspecified atom stereocenters. The zero-order chi connectivity index (χ0) is 14.6. The first-order valence-electron chi connectivity index (χ1n) is 6.03. The van der Waals surface area contributed by atoms with Gasteiger partial charge in [-0.15, -0.1) is 0 Å². The van der Waals surface area contributed by atoms with E-state index >= 15 is 0 Å². The Morgan fingerprint density at radius 2 is 2.16 bits per heavy atom. The minimum Gasteiger partial charge on any atom is -0.461 e. The number of halogens is 3. The van der Waals surface area contributed by atoms with Crippen molar-refractivity contribution >= 4 is 11.7 Å². The SMILES string of the molecule is CCOC(=O)/C(NC)=C1\CC(C(F)(F)F)CCC1=N. The van der Waals surface area contributed by atoms with Gasteiger partial charge in [-0.2, -0.15) is 13.2 Å². The van der Waals surface area contributed by atoms with E-state index < -0.39 is 18.1 Å². The first kappa shape index (κ1) is 15.5. The van der Waals surface area contributed by atoms with Crippen molar-refractivity contribution in [2.24, 2.45) is 5.92 Å². The molecule has 1 saturated carbocycles. The van der Waals surface area contributed by atoms with Gasteiger partial charge in [-0.1, -0.05) is 0 Å². The summed E-state index contributed by atoms with van der Waals surface area (Å²) in [6, 6.07) is 0. The van der Waals surface area contributed by atoms with Crippen LogP contribution in [0.25, 0.3) is 0 Å². The molecular weight excluding hydrogens is 261 g/mol. The molecule has 0 aromatic carbocycles. The number of nitrogens with one attached hydrogen (secondary N) is 2. The molecule has 0 spiro atoms. The van der Waals surface area contributed by atoms with Gasteiger partial charge in [0.05, 0.1) is 12.5 Å². The maximum Gasteiger partial charge on any atom is 0.392 e. The monoisotopic (exact) mass is 278 g/mol. The molecular formula is C12H17F3N2O2. The molecule has 0 aromatic rings. The molecule has 1 aliphatic carbocycles. The van der Waals surface area contributed by atoms with E-state index in [9.17, 15) is 18.0 Å². The first-order chi connectivity index (χ1) is 8.81. The third-order valence-corrected chi connectivity index (χ3v) is 3.05. The summed E-state index contributed by atoms with van der Waals surface area (Å²) in [4.78, 5) is 11.7. The van der Waals surface area contributed by atoms with Crippen molar-refractivity contribution in [3.8, 4) is 0 Å². The second kappa shape index (κ2) is 6.08. The first-order valence-corrected chi connectivity index (χ1v) is 6.03. The van der Waals surface area contributed by atoms with Crippen LogP contribution in [0.3, 0.4) is 0 Å². The standard InChI is InChI=1S/C12H17F3N2O2/c1-3-19-11(18)10(17-2)8-6-7(12(13,14)15)4-5-9(8)16/h7,16-17H,3-6H2,1-2H3/b10-8-,16-9?. The Bertz CT molecular complexity index is 402. The molecule has 2 N–H and O–H groups in total. The number of carbonyl (C=O) groups excluding carboxylic acids is 1. The van der Waals surface area contributed by atoms with Gasteiger partial charge in [-0.3, -0.25) is 0 Å². The molecule has 0 heterocycles. The summed E-state index contributed by atoms with van der Waals surface area (Å²) < 4.78 is 43.0. The van der Waals surface area contributed by atoms with Gasteiger partial charge in [0.1, 0.15) is 5.70 Å². The van der Waals surface area contributed by atoms with Crippen LogP contribution in [-0.4, -0.2) is 31.5 Å². The maximum atomic E-state index is 12.7. The van der Waals surface area contributed by atoms with Gasteiger partial charge in [0.15, 0.2) is 0 Å². The van der Waals surface area contributed by atoms with Crippen LogP contribution >= 0.6 is 0 Å². The quantitative estimate of drug-likeness (QED) is 0.615. The Labute approximate surface area is 109 Å². The highest BCUT2D eigenvalue weighted by Crippen LogP contribution is 2.39. The Kier molecular flexibility index (Phi) is 4.97. The van der Waals surface area contributed by atoms with Crippen LogP contribution in [-0.2, 0) is 9.53 Å². The van der Waals surface area contributed by atoms with E-state index in [1.807, 2.05) is 0 Å². The van der Waals surface area contributed by atoms with Crippen LogP contribution in [0.15, 0.2) is 11.3 Å². The van der Waals surface area contributed by atoms with E-state index in [0.717, 1.165) is 0 Å². The molecule has 7 heteroatoms. The molecule has 19 heavy (non-hydrogen) atoms. The molecule has 0 saturated heterocycles. The third-order valence-electron chi connectivity index (χ3n) is 3.05. The summed E-state index contributed by atoms with van der Waals surface area (Å²) in [7, 11) is 1.43. The molecule has 1 fully saturated rings. The molecule has 1 aliphatic rings. The van der Waals surface area contributed by atoms with Crippen molar-refractivity contribution in [1.29, 1.82) is 5.41 Å². The number of carbonyl (C=O) groups is 1. The Morgan fingerprint density at radius 3 is 2.63 bits per heavy atom. The van der Waals surface area contributed by atoms with Crippen molar-refractivity contribution in [2.45, 2.75) is 32.4 Å². The number of allylic oxidation sites excluding steroid dienone is 1. The summed E-state index contributed by atoms with van der Waals surface area (Å²) in [6.45, 7) is 1.74. The largest absolute Gasteiger partial charge is 0.461 e. The molecule has 0 bridgehead atoms. The van der Waals surface area contributed by atoms with Gasteiger partial charge >= 0.3 is 12.1 Å². The average Bonchev–Trinajstić information content (AvgIpc) is 2.31. The maximum absolute atomic E-state index is 12.7. The summed E-state index contributed by atoms with van der Waals surface area (Å²) in [5.41, 5.74) is 0.133. The Morgan fingerprint density at radius 1 is 1.53 bits per heavy atom. The molecule has 0 aromatic heterocycles. The van der Waals surface area contributed by atoms with E-state index in [4.69, 9.17) is 10.1 Å². The van der Waals surface area contributed by atoms with Gasteiger partial charge in [-0.05, 0) is 26.2 Å². The average molecular weight is 278 g/mol. The van der Waals surface area contributed by atoms with Gasteiger partial charge in [0, 0.05) is 18.3 Å². The number of rotatable bonds is 3. The Hall–Kier alpha value is -1.53. The fourth-order valence-electron chi connectivity index (χ4n) is 2.05. The highest BCUT2D eigenvalue weighted by molar-refractivity contribution is 6.05. The van der Waals surface area contributed by atoms with E-state index in [2.05, 4.69) is 5.32 Å². The zero-order valence-corrected chi connectivity index (χ0v) is 10.9. The predicted octanol–water partition coefficient (Wildman–Crippen LogP) is 2.41. The van der Waals surface area contributed by atoms with E-state index in [1.165, 1.54) is 7.05 Å². The van der Waals surface area contributed by atoms with Crippen molar-refractivity contribution in [3.63, 3.8) is 0 Å². The minimum atomic E-state index is -4.31. The number of ether oxygens (including phenoxy) is 1. The highest BCUT2D eigenvalue weighted by Gasteiger charge is 2.43. The lowest BCUT2D eigenvalue weighted by molar-refractivity contribution is -0.176. The number of esters is 1. The van der Waals surface area contributed by atoms with E-state index in [0.29, 0.717) is 0 Å². The van der Waals surface area contributed by atoms with Crippen molar-refractivity contribution in [2.75, 3.05) is 13.7 Å². The number of likely N-dealkylation sites (N-methyl/N-ethyl adjacent to an activating group) is 1. The third kappa shape index (κ3) is 3.71. The van der Waals surface area contributed by atoms with Gasteiger partial charge in [0.2, 0.25) is 0 Å². The molecule has 0 amide bonds.